The van der Waals surface area contributed by atoms with Crippen LogP contribution in [0.15, 0.2) is 42.5 Å². The second-order valence-electron chi connectivity index (χ2n) is 5.86. The number of carbonyl (C=O) groups is 2. The van der Waals surface area contributed by atoms with Gasteiger partial charge in [-0.25, -0.2) is 4.39 Å². The van der Waals surface area contributed by atoms with E-state index in [1.807, 2.05) is 0 Å². The molecule has 0 bridgehead atoms. The van der Waals surface area contributed by atoms with Crippen molar-refractivity contribution in [3.8, 4) is 11.5 Å². The average molecular weight is 375 g/mol. The van der Waals surface area contributed by atoms with Crippen LogP contribution >= 0.6 is 0 Å². The summed E-state index contributed by atoms with van der Waals surface area (Å²) >= 11 is 0. The Morgan fingerprint density at radius 3 is 2.41 bits per heavy atom. The number of nitrogens with one attached hydrogen (secondary N) is 1. The molecule has 2 aromatic rings. The average Bonchev–Trinajstić information content (AvgIpc) is 2.65. The lowest BCUT2D eigenvalue weighted by atomic mass is 10.2. The van der Waals surface area contributed by atoms with Gasteiger partial charge >= 0.3 is 5.97 Å². The van der Waals surface area contributed by atoms with E-state index in [2.05, 4.69) is 5.32 Å². The smallest absolute Gasteiger partial charge is 0.310 e. The molecule has 6 nitrogen and oxygen atoms in total. The molecular formula is C20H22FNO5. The third kappa shape index (κ3) is 6.29. The van der Waals surface area contributed by atoms with Gasteiger partial charge in [0.05, 0.1) is 20.1 Å². The quantitative estimate of drug-likeness (QED) is 0.715. The van der Waals surface area contributed by atoms with Gasteiger partial charge in [0.25, 0.3) is 5.91 Å². The molecule has 0 fully saturated rings. The van der Waals surface area contributed by atoms with E-state index in [0.717, 1.165) is 0 Å². The Kier molecular flexibility index (Phi) is 7.16. The monoisotopic (exact) mass is 375 g/mol. The standard InChI is InChI=1S/C20H22FNO5/c1-13-4-5-15(12-18(13)21)22-20(24)14(2)27-19(23)10-11-26-17-8-6-16(25-3)7-9-17/h4-9,12,14H,10-11H2,1-3H3,(H,22,24). The predicted molar refractivity (Wildman–Crippen MR) is 98.4 cm³/mol. The number of hydrogen-bond acceptors (Lipinski definition) is 5. The van der Waals surface area contributed by atoms with Crippen molar-refractivity contribution >= 4 is 17.6 Å². The summed E-state index contributed by atoms with van der Waals surface area (Å²) in [5.74, 6) is -0.233. The SMILES string of the molecule is COc1ccc(OCCC(=O)OC(C)C(=O)Nc2ccc(C)c(F)c2)cc1. The zero-order valence-electron chi connectivity index (χ0n) is 15.5. The zero-order chi connectivity index (χ0) is 19.8. The van der Waals surface area contributed by atoms with Crippen LogP contribution in [0.2, 0.25) is 0 Å². The van der Waals surface area contributed by atoms with Gasteiger partial charge in [-0.15, -0.1) is 0 Å². The summed E-state index contributed by atoms with van der Waals surface area (Å²) in [6, 6.07) is 11.3. The Morgan fingerprint density at radius 1 is 1.11 bits per heavy atom. The molecule has 0 aromatic heterocycles. The number of methoxy groups -OCH3 is 1. The van der Waals surface area contributed by atoms with Gasteiger partial charge < -0.3 is 19.5 Å². The summed E-state index contributed by atoms with van der Waals surface area (Å²) in [6.45, 7) is 3.18. The van der Waals surface area contributed by atoms with Gasteiger partial charge in [0.2, 0.25) is 0 Å². The Hall–Kier alpha value is -3.09. The minimum atomic E-state index is -1.01. The Balaban J connectivity index is 1.74. The van der Waals surface area contributed by atoms with Gasteiger partial charge in [-0.05, 0) is 55.8 Å². The first-order valence-electron chi connectivity index (χ1n) is 8.42. The molecule has 2 aromatic carbocycles. The van der Waals surface area contributed by atoms with Crippen LogP contribution in [-0.2, 0) is 14.3 Å². The molecule has 0 spiro atoms. The molecule has 1 amide bonds. The van der Waals surface area contributed by atoms with Gasteiger partial charge in [0.15, 0.2) is 6.10 Å². The number of halogens is 1. The second kappa shape index (κ2) is 9.56. The minimum Gasteiger partial charge on any atom is -0.497 e. The van der Waals surface area contributed by atoms with E-state index in [0.29, 0.717) is 22.7 Å². The van der Waals surface area contributed by atoms with Crippen molar-refractivity contribution in [2.45, 2.75) is 26.4 Å². The maximum atomic E-state index is 13.5. The van der Waals surface area contributed by atoms with Gasteiger partial charge in [-0.1, -0.05) is 6.07 Å². The van der Waals surface area contributed by atoms with Crippen LogP contribution in [0.5, 0.6) is 11.5 Å². The molecule has 0 saturated heterocycles. The van der Waals surface area contributed by atoms with Crippen molar-refractivity contribution in [2.75, 3.05) is 19.0 Å². The highest BCUT2D eigenvalue weighted by Crippen LogP contribution is 2.17. The van der Waals surface area contributed by atoms with Crippen LogP contribution in [0.3, 0.4) is 0 Å². The fourth-order valence-corrected chi connectivity index (χ4v) is 2.15. The number of anilines is 1. The molecule has 0 aliphatic carbocycles. The number of ether oxygens (including phenoxy) is 3. The first kappa shape index (κ1) is 20.2. The van der Waals surface area contributed by atoms with Crippen molar-refractivity contribution in [3.05, 3.63) is 53.8 Å². The number of rotatable bonds is 8. The minimum absolute atomic E-state index is 0.0111. The first-order valence-corrected chi connectivity index (χ1v) is 8.42. The molecule has 0 aliphatic heterocycles. The fourth-order valence-electron chi connectivity index (χ4n) is 2.15. The fraction of sp³-hybridized carbons (Fsp3) is 0.300. The van der Waals surface area contributed by atoms with Crippen LogP contribution < -0.4 is 14.8 Å². The molecule has 0 aliphatic rings. The molecule has 2 rings (SSSR count). The third-order valence-electron chi connectivity index (χ3n) is 3.75. The second-order valence-corrected chi connectivity index (χ2v) is 5.86. The van der Waals surface area contributed by atoms with E-state index in [1.165, 1.54) is 13.0 Å². The van der Waals surface area contributed by atoms with Crippen LogP contribution in [0.25, 0.3) is 0 Å². The summed E-state index contributed by atoms with van der Waals surface area (Å²) in [5.41, 5.74) is 0.776. The van der Waals surface area contributed by atoms with E-state index in [4.69, 9.17) is 14.2 Å². The van der Waals surface area contributed by atoms with Gasteiger partial charge in [-0.3, -0.25) is 9.59 Å². The third-order valence-corrected chi connectivity index (χ3v) is 3.75. The summed E-state index contributed by atoms with van der Waals surface area (Å²) in [4.78, 5) is 23.9. The number of carbonyl (C=O) groups excluding carboxylic acids is 2. The number of amides is 1. The highest BCUT2D eigenvalue weighted by Gasteiger charge is 2.18. The van der Waals surface area contributed by atoms with Gasteiger partial charge in [-0.2, -0.15) is 0 Å². The molecule has 0 heterocycles. The largest absolute Gasteiger partial charge is 0.497 e. The lowest BCUT2D eigenvalue weighted by Crippen LogP contribution is -2.30. The number of esters is 1. The van der Waals surface area contributed by atoms with Crippen LogP contribution in [0, 0.1) is 12.7 Å². The number of hydrogen-bond donors (Lipinski definition) is 1. The highest BCUT2D eigenvalue weighted by molar-refractivity contribution is 5.95. The highest BCUT2D eigenvalue weighted by atomic mass is 19.1. The van der Waals surface area contributed by atoms with E-state index in [1.54, 1.807) is 50.4 Å². The van der Waals surface area contributed by atoms with Crippen molar-refractivity contribution < 1.29 is 28.2 Å². The Labute approximate surface area is 157 Å². The molecule has 7 heteroatoms. The molecule has 144 valence electrons. The predicted octanol–water partition coefficient (Wildman–Crippen LogP) is 3.48. The topological polar surface area (TPSA) is 73.9 Å². The van der Waals surface area contributed by atoms with Crippen LogP contribution in [0.1, 0.15) is 18.9 Å². The first-order chi connectivity index (χ1) is 12.9. The molecular weight excluding hydrogens is 353 g/mol. The summed E-state index contributed by atoms with van der Waals surface area (Å²) in [7, 11) is 1.57. The zero-order valence-corrected chi connectivity index (χ0v) is 15.5. The lowest BCUT2D eigenvalue weighted by molar-refractivity contribution is -0.153. The van der Waals surface area contributed by atoms with Crippen LogP contribution in [-0.4, -0.2) is 31.7 Å². The summed E-state index contributed by atoms with van der Waals surface area (Å²) < 4.78 is 29.1. The Morgan fingerprint density at radius 2 is 1.78 bits per heavy atom. The molecule has 0 saturated carbocycles. The normalized spacial score (nSPS) is 11.4. The van der Waals surface area contributed by atoms with E-state index in [-0.39, 0.29) is 13.0 Å². The maximum Gasteiger partial charge on any atom is 0.310 e. The van der Waals surface area contributed by atoms with Gasteiger partial charge in [0, 0.05) is 5.69 Å². The van der Waals surface area contributed by atoms with E-state index < -0.39 is 23.8 Å². The van der Waals surface area contributed by atoms with E-state index in [9.17, 15) is 14.0 Å². The van der Waals surface area contributed by atoms with Crippen molar-refractivity contribution in [3.63, 3.8) is 0 Å². The maximum absolute atomic E-state index is 13.5. The number of aryl methyl sites for hydroxylation is 1. The van der Waals surface area contributed by atoms with Crippen molar-refractivity contribution in [1.29, 1.82) is 0 Å². The van der Waals surface area contributed by atoms with Crippen LogP contribution in [0.4, 0.5) is 10.1 Å². The molecule has 0 radical (unpaired) electrons. The molecule has 27 heavy (non-hydrogen) atoms. The van der Waals surface area contributed by atoms with E-state index >= 15 is 0 Å². The van der Waals surface area contributed by atoms with Gasteiger partial charge in [0.1, 0.15) is 17.3 Å². The molecule has 1 atom stereocenters. The molecule has 1 N–H and O–H groups in total. The number of benzene rings is 2. The Bertz CT molecular complexity index is 791. The summed E-state index contributed by atoms with van der Waals surface area (Å²) in [5, 5.41) is 2.51. The molecule has 1 unspecified atom stereocenters. The van der Waals surface area contributed by atoms with Crippen molar-refractivity contribution in [1.82, 2.24) is 0 Å². The van der Waals surface area contributed by atoms with Crippen molar-refractivity contribution in [2.24, 2.45) is 0 Å². The lowest BCUT2D eigenvalue weighted by Gasteiger charge is -2.14. The summed E-state index contributed by atoms with van der Waals surface area (Å²) in [6.07, 6.45) is -1.02.